The van der Waals surface area contributed by atoms with E-state index >= 15 is 0 Å². The zero-order valence-corrected chi connectivity index (χ0v) is 18.7. The van der Waals surface area contributed by atoms with E-state index in [1.54, 1.807) is 12.1 Å². The lowest BCUT2D eigenvalue weighted by molar-refractivity contribution is 0.0686. The lowest BCUT2D eigenvalue weighted by Crippen LogP contribution is -2.51. The second-order valence-electron chi connectivity index (χ2n) is 7.65. The van der Waals surface area contributed by atoms with Crippen LogP contribution in [0.4, 0.5) is 15.9 Å². The van der Waals surface area contributed by atoms with Gasteiger partial charge in [-0.15, -0.1) is 0 Å². The standard InChI is InChI=1S/C21H19ClFN5O3S/c1-10(24-14-2-3-16(22)26-18(14)21(29)32)13-6-11(23)7-15-17(13)27-19-20(25-15)31-9-12-8-30-5-4-28(12)19/h2-3,6-7,10,12,24H,4-5,8-9H2,1H3,(H,29,32)/t10-,12+/m1/s1. The van der Waals surface area contributed by atoms with Crippen LogP contribution in [-0.4, -0.2) is 52.5 Å². The number of carbonyl (C=O) groups excluding carboxylic acids is 1. The van der Waals surface area contributed by atoms with Crippen LogP contribution in [0.15, 0.2) is 24.3 Å². The Hall–Kier alpha value is -2.69. The first-order valence-corrected chi connectivity index (χ1v) is 10.9. The monoisotopic (exact) mass is 475 g/mol. The number of carbonyl (C=O) groups is 1. The molecule has 0 bridgehead atoms. The molecule has 3 aromatic rings. The van der Waals surface area contributed by atoms with Crippen molar-refractivity contribution in [3.05, 3.63) is 46.5 Å². The number of ether oxygens (including phenoxy) is 2. The van der Waals surface area contributed by atoms with Crippen molar-refractivity contribution in [1.29, 1.82) is 0 Å². The van der Waals surface area contributed by atoms with Crippen LogP contribution >= 0.6 is 24.2 Å². The van der Waals surface area contributed by atoms with Gasteiger partial charge in [-0.3, -0.25) is 4.79 Å². The molecule has 0 spiro atoms. The SMILES string of the molecule is C[C@@H](Nc1ccc(Cl)nc1C(=O)S)c1cc(F)cc2nc3c(nc12)N1CCOC[C@H]1CO3. The Kier molecular flexibility index (Phi) is 5.52. The minimum atomic E-state index is -0.532. The Morgan fingerprint density at radius 2 is 2.16 bits per heavy atom. The van der Waals surface area contributed by atoms with Crippen molar-refractivity contribution < 1.29 is 18.7 Å². The van der Waals surface area contributed by atoms with Crippen molar-refractivity contribution in [2.45, 2.75) is 19.0 Å². The average molecular weight is 476 g/mol. The molecule has 0 aliphatic carbocycles. The molecule has 2 aliphatic heterocycles. The second-order valence-corrected chi connectivity index (χ2v) is 8.44. The van der Waals surface area contributed by atoms with Crippen molar-refractivity contribution in [3.8, 4) is 5.88 Å². The van der Waals surface area contributed by atoms with Gasteiger partial charge in [0.15, 0.2) is 5.82 Å². The van der Waals surface area contributed by atoms with Gasteiger partial charge < -0.3 is 19.7 Å². The Morgan fingerprint density at radius 3 is 2.97 bits per heavy atom. The van der Waals surface area contributed by atoms with Crippen molar-refractivity contribution >= 4 is 51.9 Å². The number of fused-ring (bicyclic) bond motifs is 4. The smallest absolute Gasteiger partial charge is 0.258 e. The summed E-state index contributed by atoms with van der Waals surface area (Å²) in [6.07, 6.45) is 0. The molecule has 1 N–H and O–H groups in total. The normalized spacial score (nSPS) is 18.5. The molecule has 1 aromatic carbocycles. The summed E-state index contributed by atoms with van der Waals surface area (Å²) in [6.45, 7) is 4.10. The summed E-state index contributed by atoms with van der Waals surface area (Å²) < 4.78 is 25.8. The summed E-state index contributed by atoms with van der Waals surface area (Å²) in [7, 11) is 0. The number of hydrogen-bond acceptors (Lipinski definition) is 8. The number of halogens is 2. The Balaban J connectivity index is 1.57. The maximum atomic E-state index is 14.5. The molecule has 11 heteroatoms. The minimum absolute atomic E-state index is 0.0616. The Labute approximate surface area is 193 Å². The van der Waals surface area contributed by atoms with Crippen LogP contribution in [0.1, 0.15) is 29.0 Å². The van der Waals surface area contributed by atoms with E-state index in [2.05, 4.69) is 32.8 Å². The average Bonchev–Trinajstić information content (AvgIpc) is 2.78. The highest BCUT2D eigenvalue weighted by molar-refractivity contribution is 7.97. The number of nitrogens with zero attached hydrogens (tertiary/aromatic N) is 4. The van der Waals surface area contributed by atoms with Gasteiger partial charge in [0, 0.05) is 18.2 Å². The fraction of sp³-hybridized carbons (Fsp3) is 0.333. The third-order valence-corrected chi connectivity index (χ3v) is 5.95. The molecule has 2 aromatic heterocycles. The zero-order chi connectivity index (χ0) is 22.4. The van der Waals surface area contributed by atoms with E-state index in [9.17, 15) is 9.18 Å². The summed E-state index contributed by atoms with van der Waals surface area (Å²) in [5.74, 6) is 0.560. The van der Waals surface area contributed by atoms with Crippen LogP contribution in [0.5, 0.6) is 5.88 Å². The minimum Gasteiger partial charge on any atom is -0.473 e. The molecule has 2 aliphatic rings. The number of pyridine rings is 1. The number of aromatic nitrogens is 3. The second kappa shape index (κ2) is 8.34. The van der Waals surface area contributed by atoms with E-state index in [1.165, 1.54) is 12.1 Å². The molecule has 1 saturated heterocycles. The highest BCUT2D eigenvalue weighted by atomic mass is 35.5. The topological polar surface area (TPSA) is 89.5 Å². The summed E-state index contributed by atoms with van der Waals surface area (Å²) in [5.41, 5.74) is 2.03. The molecule has 8 nitrogen and oxygen atoms in total. The summed E-state index contributed by atoms with van der Waals surface area (Å²) >= 11 is 9.79. The molecule has 0 amide bonds. The van der Waals surface area contributed by atoms with Crippen molar-refractivity contribution in [2.75, 3.05) is 36.6 Å². The van der Waals surface area contributed by atoms with E-state index in [0.717, 1.165) is 0 Å². The lowest BCUT2D eigenvalue weighted by Gasteiger charge is -2.39. The first-order valence-electron chi connectivity index (χ1n) is 10.1. The number of nitrogens with one attached hydrogen (secondary N) is 1. The molecule has 4 heterocycles. The van der Waals surface area contributed by atoms with Crippen LogP contribution in [0.2, 0.25) is 5.15 Å². The van der Waals surface area contributed by atoms with Gasteiger partial charge in [-0.1, -0.05) is 24.2 Å². The molecular formula is C21H19ClFN5O3S. The number of benzene rings is 1. The Bertz CT molecular complexity index is 1230. The van der Waals surface area contributed by atoms with Crippen LogP contribution in [0, 0.1) is 5.82 Å². The van der Waals surface area contributed by atoms with Gasteiger partial charge in [0.2, 0.25) is 5.12 Å². The van der Waals surface area contributed by atoms with Crippen LogP contribution in [0.3, 0.4) is 0 Å². The molecule has 32 heavy (non-hydrogen) atoms. The molecule has 0 unspecified atom stereocenters. The van der Waals surface area contributed by atoms with Gasteiger partial charge in [0.1, 0.15) is 23.3 Å². The number of hydrogen-bond donors (Lipinski definition) is 2. The molecular weight excluding hydrogens is 457 g/mol. The lowest BCUT2D eigenvalue weighted by atomic mass is 10.0. The van der Waals surface area contributed by atoms with Crippen molar-refractivity contribution in [1.82, 2.24) is 15.0 Å². The van der Waals surface area contributed by atoms with Gasteiger partial charge in [-0.05, 0) is 25.1 Å². The van der Waals surface area contributed by atoms with Crippen LogP contribution < -0.4 is 15.0 Å². The number of rotatable bonds is 4. The van der Waals surface area contributed by atoms with E-state index in [-0.39, 0.29) is 16.9 Å². The van der Waals surface area contributed by atoms with Crippen molar-refractivity contribution in [3.63, 3.8) is 0 Å². The highest BCUT2D eigenvalue weighted by Gasteiger charge is 2.33. The number of morpholine rings is 1. The fourth-order valence-electron chi connectivity index (χ4n) is 4.01. The number of thiol groups is 1. The first kappa shape index (κ1) is 21.2. The van der Waals surface area contributed by atoms with Crippen molar-refractivity contribution in [2.24, 2.45) is 0 Å². The maximum absolute atomic E-state index is 14.5. The molecule has 0 saturated carbocycles. The summed E-state index contributed by atoms with van der Waals surface area (Å²) in [5, 5.41) is 2.84. The third kappa shape index (κ3) is 3.82. The first-order chi connectivity index (χ1) is 15.4. The predicted octanol–water partition coefficient (Wildman–Crippen LogP) is 3.66. The largest absolute Gasteiger partial charge is 0.473 e. The summed E-state index contributed by atoms with van der Waals surface area (Å²) in [6, 6.07) is 5.57. The Morgan fingerprint density at radius 1 is 1.31 bits per heavy atom. The molecule has 1 fully saturated rings. The summed E-state index contributed by atoms with van der Waals surface area (Å²) in [4.78, 5) is 27.4. The third-order valence-electron chi connectivity index (χ3n) is 5.53. The van der Waals surface area contributed by atoms with E-state index in [0.29, 0.717) is 60.3 Å². The van der Waals surface area contributed by atoms with Crippen LogP contribution in [-0.2, 0) is 4.74 Å². The fourth-order valence-corrected chi connectivity index (χ4v) is 4.33. The van der Waals surface area contributed by atoms with Gasteiger partial charge in [-0.2, -0.15) is 0 Å². The highest BCUT2D eigenvalue weighted by Crippen LogP contribution is 2.36. The predicted molar refractivity (Wildman–Crippen MR) is 122 cm³/mol. The molecule has 0 radical (unpaired) electrons. The maximum Gasteiger partial charge on any atom is 0.258 e. The van der Waals surface area contributed by atoms with Crippen LogP contribution in [0.25, 0.3) is 11.0 Å². The zero-order valence-electron chi connectivity index (χ0n) is 17.0. The van der Waals surface area contributed by atoms with Gasteiger partial charge in [0.25, 0.3) is 5.88 Å². The molecule has 2 atom stereocenters. The quantitative estimate of drug-likeness (QED) is 0.436. The van der Waals surface area contributed by atoms with E-state index < -0.39 is 17.0 Å². The molecule has 5 rings (SSSR count). The van der Waals surface area contributed by atoms with Gasteiger partial charge >= 0.3 is 0 Å². The molecule has 166 valence electrons. The van der Waals surface area contributed by atoms with E-state index in [4.69, 9.17) is 26.1 Å². The number of anilines is 2. The van der Waals surface area contributed by atoms with Gasteiger partial charge in [-0.25, -0.2) is 19.3 Å². The van der Waals surface area contributed by atoms with Gasteiger partial charge in [0.05, 0.1) is 42.0 Å². The van der Waals surface area contributed by atoms with E-state index in [1.807, 2.05) is 6.92 Å².